The van der Waals surface area contributed by atoms with Crippen LogP contribution >= 0.6 is 11.3 Å². The molecule has 0 spiro atoms. The van der Waals surface area contributed by atoms with E-state index in [9.17, 15) is 18.0 Å². The van der Waals surface area contributed by atoms with Gasteiger partial charge in [0.05, 0.1) is 40.4 Å². The molecule has 0 radical (unpaired) electrons. The van der Waals surface area contributed by atoms with Gasteiger partial charge in [0.1, 0.15) is 28.3 Å². The summed E-state index contributed by atoms with van der Waals surface area (Å²) in [6.07, 6.45) is 8.63. The Morgan fingerprint density at radius 2 is 1.92 bits per heavy atom. The third-order valence-corrected chi connectivity index (χ3v) is 14.5. The van der Waals surface area contributed by atoms with Crippen LogP contribution in [0.15, 0.2) is 48.0 Å². The molecule has 4 aliphatic rings. The molecular formula is C40H51N5O6S2. The molecule has 3 aliphatic carbocycles. The molecule has 5 atom stereocenters. The standard InChI is InChI=1S/C40H51N5O6S2/c1-23(2)32-22-52-36(42-32)31-19-34(29-15-16-33(50-7)24(3)35(29)41-31)51-27-18-30-37(46)45(6)17-11-9-8-10-12-26-20-40(26,43-38(47)39(30,5)21-27)25(4)44-53(48,49)28-13-14-28/h10,12,15-16,19,22-23,26-28,30,44H,4,8-9,11,13-14,17-18,20-21H2,1-3,5-7H3,(H,43,47)/b12-10-/t26-,27+,30+,39-,40+/m1/s1. The van der Waals surface area contributed by atoms with Crippen molar-refractivity contribution in [3.63, 3.8) is 0 Å². The third-order valence-electron chi connectivity index (χ3n) is 11.7. The molecule has 284 valence electrons. The quantitative estimate of drug-likeness (QED) is 0.232. The van der Waals surface area contributed by atoms with Crippen molar-refractivity contribution in [2.24, 2.45) is 17.3 Å². The SMILES string of the molecule is C=C(NS(=O)(=O)C1CC1)[C@@]12C[C@H]1/C=C\CCCCN(C)C(=O)[C@@H]1C[C@H](Oc3cc(-c4nc(C(C)C)cs4)nc4c(C)c(OC)ccc34)C[C@@]1(C)C(=O)N2. The number of carbonyl (C=O) groups excluding carboxylic acids is 2. The molecular weight excluding hydrogens is 711 g/mol. The highest BCUT2D eigenvalue weighted by Gasteiger charge is 2.61. The molecule has 3 aromatic rings. The van der Waals surface area contributed by atoms with Gasteiger partial charge >= 0.3 is 0 Å². The van der Waals surface area contributed by atoms with E-state index in [1.807, 2.05) is 39.1 Å². The highest BCUT2D eigenvalue weighted by atomic mass is 32.2. The van der Waals surface area contributed by atoms with Crippen molar-refractivity contribution in [1.29, 1.82) is 0 Å². The van der Waals surface area contributed by atoms with Gasteiger partial charge in [0.2, 0.25) is 21.8 Å². The van der Waals surface area contributed by atoms with Gasteiger partial charge < -0.3 is 19.7 Å². The first-order valence-corrected chi connectivity index (χ1v) is 21.2. The van der Waals surface area contributed by atoms with E-state index in [2.05, 4.69) is 48.0 Å². The molecule has 2 amide bonds. The number of nitrogens with one attached hydrogen (secondary N) is 2. The van der Waals surface area contributed by atoms with Gasteiger partial charge in [-0.3, -0.25) is 14.3 Å². The van der Waals surface area contributed by atoms with Crippen LogP contribution in [-0.4, -0.2) is 72.7 Å². The van der Waals surface area contributed by atoms with Crippen LogP contribution in [0, 0.1) is 24.2 Å². The predicted octanol–water partition coefficient (Wildman–Crippen LogP) is 6.63. The minimum atomic E-state index is -3.59. The Labute approximate surface area is 316 Å². The second-order valence-electron chi connectivity index (χ2n) is 15.9. The van der Waals surface area contributed by atoms with Gasteiger partial charge in [-0.25, -0.2) is 18.4 Å². The second kappa shape index (κ2) is 14.0. The lowest BCUT2D eigenvalue weighted by atomic mass is 9.77. The van der Waals surface area contributed by atoms with E-state index >= 15 is 0 Å². The number of pyridine rings is 1. The fraction of sp³-hybridized carbons (Fsp3) is 0.550. The highest BCUT2D eigenvalue weighted by Crippen LogP contribution is 2.53. The number of rotatable bonds is 9. The Hall–Kier alpha value is -3.97. The number of amides is 2. The van der Waals surface area contributed by atoms with Crippen LogP contribution in [0.2, 0.25) is 0 Å². The molecule has 3 fully saturated rings. The Morgan fingerprint density at radius 1 is 1.15 bits per heavy atom. The van der Waals surface area contributed by atoms with Gasteiger partial charge in [-0.1, -0.05) is 32.6 Å². The van der Waals surface area contributed by atoms with Crippen LogP contribution in [0.3, 0.4) is 0 Å². The van der Waals surface area contributed by atoms with Crippen molar-refractivity contribution < 1.29 is 27.5 Å². The van der Waals surface area contributed by atoms with E-state index in [4.69, 9.17) is 19.4 Å². The molecule has 53 heavy (non-hydrogen) atoms. The lowest BCUT2D eigenvalue weighted by Gasteiger charge is -2.34. The van der Waals surface area contributed by atoms with E-state index in [-0.39, 0.29) is 35.8 Å². The molecule has 1 aromatic carbocycles. The van der Waals surface area contributed by atoms with E-state index in [0.717, 1.165) is 46.4 Å². The first-order chi connectivity index (χ1) is 25.2. The van der Waals surface area contributed by atoms with Gasteiger partial charge in [-0.2, -0.15) is 0 Å². The molecule has 0 bridgehead atoms. The number of aromatic nitrogens is 2. The number of sulfonamides is 1. The number of carbonyl (C=O) groups is 2. The van der Waals surface area contributed by atoms with Crippen LogP contribution in [0.5, 0.6) is 11.5 Å². The molecule has 0 saturated heterocycles. The smallest absolute Gasteiger partial charge is 0.235 e. The average Bonchev–Trinajstić information content (AvgIpc) is 4.01. The van der Waals surface area contributed by atoms with Crippen LogP contribution in [0.25, 0.3) is 21.6 Å². The van der Waals surface area contributed by atoms with Crippen molar-refractivity contribution >= 4 is 44.1 Å². The number of hydrogen-bond donors (Lipinski definition) is 2. The first kappa shape index (κ1) is 37.3. The van der Waals surface area contributed by atoms with Gasteiger partial charge in [0.25, 0.3) is 0 Å². The summed E-state index contributed by atoms with van der Waals surface area (Å²) >= 11 is 1.53. The van der Waals surface area contributed by atoms with Gasteiger partial charge in [-0.05, 0) is 83.3 Å². The molecule has 3 saturated carbocycles. The van der Waals surface area contributed by atoms with E-state index in [1.54, 1.807) is 12.0 Å². The van der Waals surface area contributed by atoms with Gasteiger partial charge in [0.15, 0.2) is 0 Å². The van der Waals surface area contributed by atoms with E-state index < -0.39 is 38.2 Å². The first-order valence-electron chi connectivity index (χ1n) is 18.7. The Bertz CT molecular complexity index is 2090. The molecule has 3 heterocycles. The topological polar surface area (TPSA) is 140 Å². The summed E-state index contributed by atoms with van der Waals surface area (Å²) in [5, 5.41) is 6.46. The van der Waals surface area contributed by atoms with Crippen LogP contribution < -0.4 is 19.5 Å². The summed E-state index contributed by atoms with van der Waals surface area (Å²) in [4.78, 5) is 40.7. The van der Waals surface area contributed by atoms with Crippen LogP contribution in [0.4, 0.5) is 0 Å². The summed E-state index contributed by atoms with van der Waals surface area (Å²) < 4.78 is 41.3. The van der Waals surface area contributed by atoms with Crippen LogP contribution in [-0.2, 0) is 19.6 Å². The number of aryl methyl sites for hydroxylation is 1. The number of fused-ring (bicyclic) bond motifs is 3. The fourth-order valence-corrected chi connectivity index (χ4v) is 10.4. The Balaban J connectivity index is 1.24. The number of benzene rings is 1. The molecule has 11 nitrogen and oxygen atoms in total. The van der Waals surface area contributed by atoms with Crippen molar-refractivity contribution in [1.82, 2.24) is 24.9 Å². The molecule has 7 rings (SSSR count). The molecule has 2 N–H and O–H groups in total. The minimum Gasteiger partial charge on any atom is -0.496 e. The summed E-state index contributed by atoms with van der Waals surface area (Å²) in [5.74, 6) is 0.402. The maximum atomic E-state index is 14.7. The number of nitrogens with zero attached hydrogens (tertiary/aromatic N) is 3. The normalized spacial score (nSPS) is 28.5. The Kier molecular flexibility index (Phi) is 9.88. The molecule has 0 unspecified atom stereocenters. The molecule has 1 aliphatic heterocycles. The van der Waals surface area contributed by atoms with Crippen LogP contribution in [0.1, 0.15) is 89.3 Å². The lowest BCUT2D eigenvalue weighted by Crippen LogP contribution is -2.53. The molecule has 2 aromatic heterocycles. The van der Waals surface area contributed by atoms with Gasteiger partial charge in [-0.15, -0.1) is 11.3 Å². The summed E-state index contributed by atoms with van der Waals surface area (Å²) in [6.45, 7) is 12.8. The summed E-state index contributed by atoms with van der Waals surface area (Å²) in [5.41, 5.74) is 1.43. The monoisotopic (exact) mass is 761 g/mol. The Morgan fingerprint density at radius 3 is 2.62 bits per heavy atom. The van der Waals surface area contributed by atoms with E-state index in [0.29, 0.717) is 49.4 Å². The van der Waals surface area contributed by atoms with Crippen molar-refractivity contribution in [2.45, 2.75) is 102 Å². The summed E-state index contributed by atoms with van der Waals surface area (Å²) in [6, 6.07) is 5.75. The number of hydrogen-bond acceptors (Lipinski definition) is 9. The highest BCUT2D eigenvalue weighted by molar-refractivity contribution is 7.90. The largest absolute Gasteiger partial charge is 0.496 e. The van der Waals surface area contributed by atoms with Crippen molar-refractivity contribution in [3.05, 3.63) is 59.3 Å². The zero-order valence-corrected chi connectivity index (χ0v) is 33.2. The predicted molar refractivity (Wildman–Crippen MR) is 207 cm³/mol. The van der Waals surface area contributed by atoms with E-state index in [1.165, 1.54) is 11.3 Å². The third kappa shape index (κ3) is 7.06. The zero-order chi connectivity index (χ0) is 37.9. The lowest BCUT2D eigenvalue weighted by molar-refractivity contribution is -0.145. The summed E-state index contributed by atoms with van der Waals surface area (Å²) in [7, 11) is -0.150. The number of methoxy groups -OCH3 is 1. The maximum Gasteiger partial charge on any atom is 0.235 e. The zero-order valence-electron chi connectivity index (χ0n) is 31.5. The minimum absolute atomic E-state index is 0.0964. The second-order valence-corrected chi connectivity index (χ2v) is 18.7. The average molecular weight is 762 g/mol. The maximum absolute atomic E-state index is 14.7. The van der Waals surface area contributed by atoms with Crippen molar-refractivity contribution in [2.75, 3.05) is 20.7 Å². The molecule has 13 heteroatoms. The number of ether oxygens (including phenoxy) is 2. The number of thiazole rings is 1. The number of allylic oxidation sites excluding steroid dienone is 1. The van der Waals surface area contributed by atoms with Crippen molar-refractivity contribution in [3.8, 4) is 22.2 Å². The van der Waals surface area contributed by atoms with Gasteiger partial charge in [0, 0.05) is 47.6 Å². The fourth-order valence-electron chi connectivity index (χ4n) is 8.00.